The van der Waals surface area contributed by atoms with Crippen LogP contribution in [0.3, 0.4) is 0 Å². The molecule has 0 fully saturated rings. The van der Waals surface area contributed by atoms with E-state index in [9.17, 15) is 4.79 Å². The molecular formula is C11H16BrNO3S. The number of carbonyl (C=O) groups excluding carboxylic acids is 1. The molecule has 0 aliphatic carbocycles. The lowest BCUT2D eigenvalue weighted by atomic mass is 10.3. The molecule has 96 valence electrons. The van der Waals surface area contributed by atoms with Crippen LogP contribution in [0.2, 0.25) is 0 Å². The van der Waals surface area contributed by atoms with Gasteiger partial charge in [-0.3, -0.25) is 4.79 Å². The van der Waals surface area contributed by atoms with E-state index in [2.05, 4.69) is 15.9 Å². The maximum absolute atomic E-state index is 12.2. The summed E-state index contributed by atoms with van der Waals surface area (Å²) in [5.74, 6) is 0.749. The average molecular weight is 322 g/mol. The number of amides is 1. The maximum atomic E-state index is 12.2. The molecule has 0 aromatic carbocycles. The molecule has 1 aromatic rings. The number of ether oxygens (including phenoxy) is 2. The van der Waals surface area contributed by atoms with Crippen LogP contribution >= 0.6 is 27.3 Å². The number of methoxy groups -OCH3 is 2. The number of nitrogens with zero attached hydrogens (tertiary/aromatic N) is 1. The molecule has 0 bridgehead atoms. The van der Waals surface area contributed by atoms with E-state index in [1.54, 1.807) is 25.2 Å². The van der Waals surface area contributed by atoms with E-state index in [4.69, 9.17) is 9.47 Å². The van der Waals surface area contributed by atoms with Crippen molar-refractivity contribution in [3.63, 3.8) is 0 Å². The van der Waals surface area contributed by atoms with Crippen molar-refractivity contribution in [2.24, 2.45) is 0 Å². The van der Waals surface area contributed by atoms with Crippen molar-refractivity contribution in [3.8, 4) is 5.75 Å². The van der Waals surface area contributed by atoms with Gasteiger partial charge in [-0.25, -0.2) is 0 Å². The highest BCUT2D eigenvalue weighted by atomic mass is 79.9. The zero-order chi connectivity index (χ0) is 12.7. The lowest BCUT2D eigenvalue weighted by Gasteiger charge is -2.20. The van der Waals surface area contributed by atoms with E-state index < -0.39 is 0 Å². The van der Waals surface area contributed by atoms with Crippen LogP contribution in [0.5, 0.6) is 5.75 Å². The first kappa shape index (κ1) is 14.5. The van der Waals surface area contributed by atoms with Gasteiger partial charge in [-0.2, -0.15) is 0 Å². The summed E-state index contributed by atoms with van der Waals surface area (Å²) >= 11 is 4.74. The fraction of sp³-hybridized carbons (Fsp3) is 0.545. The molecule has 0 unspecified atom stereocenters. The van der Waals surface area contributed by atoms with E-state index >= 15 is 0 Å². The Bertz CT molecular complexity index is 356. The molecule has 1 heterocycles. The molecule has 0 aliphatic heterocycles. The van der Waals surface area contributed by atoms with E-state index in [0.717, 1.165) is 11.1 Å². The topological polar surface area (TPSA) is 38.8 Å². The quantitative estimate of drug-likeness (QED) is 0.723. The molecule has 1 rings (SSSR count). The van der Waals surface area contributed by atoms with Crippen molar-refractivity contribution in [1.29, 1.82) is 0 Å². The van der Waals surface area contributed by atoms with Gasteiger partial charge in [0.1, 0.15) is 5.75 Å². The van der Waals surface area contributed by atoms with Gasteiger partial charge in [0.15, 0.2) is 0 Å². The summed E-state index contributed by atoms with van der Waals surface area (Å²) in [6, 6.07) is 1.76. The second-order valence-electron chi connectivity index (χ2n) is 3.32. The number of carbonyl (C=O) groups is 1. The van der Waals surface area contributed by atoms with Crippen LogP contribution in [0, 0.1) is 0 Å². The molecule has 0 spiro atoms. The highest BCUT2D eigenvalue weighted by Crippen LogP contribution is 2.22. The molecule has 1 amide bonds. The van der Waals surface area contributed by atoms with Gasteiger partial charge >= 0.3 is 0 Å². The summed E-state index contributed by atoms with van der Waals surface area (Å²) in [4.78, 5) is 14.6. The minimum atomic E-state index is 0.0230. The minimum absolute atomic E-state index is 0.0230. The van der Waals surface area contributed by atoms with Crippen LogP contribution in [-0.4, -0.2) is 50.1 Å². The molecule has 1 aromatic heterocycles. The fourth-order valence-electron chi connectivity index (χ4n) is 1.31. The van der Waals surface area contributed by atoms with Crippen LogP contribution < -0.4 is 4.74 Å². The van der Waals surface area contributed by atoms with Crippen molar-refractivity contribution in [2.45, 2.75) is 0 Å². The first-order valence-corrected chi connectivity index (χ1v) is 7.19. The van der Waals surface area contributed by atoms with Gasteiger partial charge in [-0.15, -0.1) is 11.3 Å². The Kier molecular flexibility index (Phi) is 6.54. The monoisotopic (exact) mass is 321 g/mol. The number of halogens is 1. The minimum Gasteiger partial charge on any atom is -0.496 e. The first-order chi connectivity index (χ1) is 8.22. The van der Waals surface area contributed by atoms with Crippen LogP contribution in [0.1, 0.15) is 9.67 Å². The third kappa shape index (κ3) is 4.29. The summed E-state index contributed by atoms with van der Waals surface area (Å²) in [6.07, 6.45) is 0. The molecule has 0 radical (unpaired) electrons. The molecule has 0 atom stereocenters. The smallest absolute Gasteiger partial charge is 0.264 e. The summed E-state index contributed by atoms with van der Waals surface area (Å²) < 4.78 is 10.1. The zero-order valence-electron chi connectivity index (χ0n) is 9.94. The molecule has 0 saturated heterocycles. The zero-order valence-corrected chi connectivity index (χ0v) is 12.3. The number of hydrogen-bond donors (Lipinski definition) is 0. The summed E-state index contributed by atoms with van der Waals surface area (Å²) in [7, 11) is 3.22. The highest BCUT2D eigenvalue weighted by Gasteiger charge is 2.17. The second kappa shape index (κ2) is 7.68. The van der Waals surface area contributed by atoms with Gasteiger partial charge in [0.05, 0.1) is 18.6 Å². The van der Waals surface area contributed by atoms with Gasteiger partial charge in [-0.1, -0.05) is 15.9 Å². The SMILES string of the molecule is COCCN(CCBr)C(=O)c1cc(OC)cs1. The Labute approximate surface area is 114 Å². The summed E-state index contributed by atoms with van der Waals surface area (Å²) in [5, 5.41) is 2.58. The molecular weight excluding hydrogens is 306 g/mol. The molecule has 17 heavy (non-hydrogen) atoms. The van der Waals surface area contributed by atoms with Gasteiger partial charge in [-0.05, 0) is 0 Å². The first-order valence-electron chi connectivity index (χ1n) is 5.19. The lowest BCUT2D eigenvalue weighted by Crippen LogP contribution is -2.34. The van der Waals surface area contributed by atoms with Crippen LogP contribution in [0.4, 0.5) is 0 Å². The largest absolute Gasteiger partial charge is 0.496 e. The maximum Gasteiger partial charge on any atom is 0.264 e. The lowest BCUT2D eigenvalue weighted by molar-refractivity contribution is 0.0713. The summed E-state index contributed by atoms with van der Waals surface area (Å²) in [6.45, 7) is 1.81. The standard InChI is InChI=1S/C11H16BrNO3S/c1-15-6-5-13(4-3-12)11(14)10-7-9(16-2)8-17-10/h7-8H,3-6H2,1-2H3. The van der Waals surface area contributed by atoms with E-state index in [1.165, 1.54) is 11.3 Å². The Morgan fingerprint density at radius 3 is 2.76 bits per heavy atom. The number of thiophene rings is 1. The highest BCUT2D eigenvalue weighted by molar-refractivity contribution is 9.09. The number of hydrogen-bond acceptors (Lipinski definition) is 4. The van der Waals surface area contributed by atoms with Crippen molar-refractivity contribution in [3.05, 3.63) is 16.3 Å². The van der Waals surface area contributed by atoms with Crippen LogP contribution in [0.25, 0.3) is 0 Å². The third-order valence-electron chi connectivity index (χ3n) is 2.23. The van der Waals surface area contributed by atoms with E-state index in [1.807, 2.05) is 5.38 Å². The van der Waals surface area contributed by atoms with Crippen LogP contribution in [0.15, 0.2) is 11.4 Å². The molecule has 0 saturated carbocycles. The summed E-state index contributed by atoms with van der Waals surface area (Å²) in [5.41, 5.74) is 0. The molecule has 0 N–H and O–H groups in total. The van der Waals surface area contributed by atoms with E-state index in [-0.39, 0.29) is 5.91 Å². The van der Waals surface area contributed by atoms with Crippen LogP contribution in [-0.2, 0) is 4.74 Å². The molecule has 0 aliphatic rings. The average Bonchev–Trinajstić information content (AvgIpc) is 2.82. The van der Waals surface area contributed by atoms with Gasteiger partial charge < -0.3 is 14.4 Å². The number of rotatable bonds is 7. The fourth-order valence-corrected chi connectivity index (χ4v) is 2.56. The van der Waals surface area contributed by atoms with Crippen molar-refractivity contribution in [2.75, 3.05) is 39.2 Å². The third-order valence-corrected chi connectivity index (χ3v) is 3.48. The molecule has 4 nitrogen and oxygen atoms in total. The van der Waals surface area contributed by atoms with Crippen molar-refractivity contribution in [1.82, 2.24) is 4.90 Å². The van der Waals surface area contributed by atoms with Gasteiger partial charge in [0.2, 0.25) is 0 Å². The Morgan fingerprint density at radius 2 is 2.24 bits per heavy atom. The van der Waals surface area contributed by atoms with Gasteiger partial charge in [0, 0.05) is 37.0 Å². The Hall–Kier alpha value is -0.590. The second-order valence-corrected chi connectivity index (χ2v) is 5.03. The van der Waals surface area contributed by atoms with Gasteiger partial charge in [0.25, 0.3) is 5.91 Å². The van der Waals surface area contributed by atoms with Crippen molar-refractivity contribution < 1.29 is 14.3 Å². The number of alkyl halides is 1. The van der Waals surface area contributed by atoms with E-state index in [0.29, 0.717) is 24.6 Å². The predicted molar refractivity (Wildman–Crippen MR) is 72.4 cm³/mol. The Morgan fingerprint density at radius 1 is 1.47 bits per heavy atom. The normalized spacial score (nSPS) is 10.3. The Balaban J connectivity index is 2.68. The molecule has 6 heteroatoms. The predicted octanol–water partition coefficient (Wildman–Crippen LogP) is 2.24. The van der Waals surface area contributed by atoms with Crippen molar-refractivity contribution >= 4 is 33.2 Å².